The minimum Gasteiger partial charge on any atom is -0.399 e. The van der Waals surface area contributed by atoms with Gasteiger partial charge in [0, 0.05) is 11.4 Å². The average Bonchev–Trinajstić information content (AvgIpc) is 2.28. The number of benzene rings is 2. The maximum atomic E-state index is 13.7. The van der Waals surface area contributed by atoms with Crippen molar-refractivity contribution in [3.05, 3.63) is 53.3 Å². The van der Waals surface area contributed by atoms with Gasteiger partial charge in [0.15, 0.2) is 0 Å². The summed E-state index contributed by atoms with van der Waals surface area (Å²) < 4.78 is 13.7. The van der Waals surface area contributed by atoms with Gasteiger partial charge >= 0.3 is 0 Å². The monoisotopic (exact) mass is 230 g/mol. The molecule has 0 radical (unpaired) electrons. The zero-order valence-corrected chi connectivity index (χ0v) is 9.92. The lowest BCUT2D eigenvalue weighted by atomic mass is 10.1. The third-order valence-corrected chi connectivity index (χ3v) is 2.74. The summed E-state index contributed by atoms with van der Waals surface area (Å²) in [6, 6.07) is 10.6. The molecule has 0 saturated heterocycles. The molecule has 0 aliphatic carbocycles. The van der Waals surface area contributed by atoms with Gasteiger partial charge in [-0.3, -0.25) is 0 Å². The van der Waals surface area contributed by atoms with Gasteiger partial charge in [0.2, 0.25) is 0 Å². The van der Waals surface area contributed by atoms with Crippen LogP contribution < -0.4 is 11.1 Å². The van der Waals surface area contributed by atoms with Gasteiger partial charge in [-0.25, -0.2) is 4.39 Å². The molecule has 3 heteroatoms. The van der Waals surface area contributed by atoms with E-state index in [1.165, 1.54) is 6.07 Å². The van der Waals surface area contributed by atoms with E-state index in [1.54, 1.807) is 12.1 Å². The van der Waals surface area contributed by atoms with E-state index in [0.29, 0.717) is 11.4 Å². The van der Waals surface area contributed by atoms with Crippen molar-refractivity contribution in [3.63, 3.8) is 0 Å². The Morgan fingerprint density at radius 3 is 2.53 bits per heavy atom. The molecule has 0 aliphatic heterocycles. The maximum Gasteiger partial charge on any atom is 0.146 e. The summed E-state index contributed by atoms with van der Waals surface area (Å²) in [7, 11) is 0. The molecule has 0 atom stereocenters. The molecule has 2 aromatic rings. The minimum absolute atomic E-state index is 0.258. The molecular weight excluding hydrogens is 215 g/mol. The Hall–Kier alpha value is -2.03. The first-order valence-electron chi connectivity index (χ1n) is 5.46. The normalized spacial score (nSPS) is 10.3. The predicted octanol–water partition coefficient (Wildman–Crippen LogP) is 3.77. The molecule has 2 nitrogen and oxygen atoms in total. The van der Waals surface area contributed by atoms with Gasteiger partial charge in [0.05, 0.1) is 5.69 Å². The van der Waals surface area contributed by atoms with Crippen molar-refractivity contribution in [3.8, 4) is 0 Å². The van der Waals surface area contributed by atoms with Gasteiger partial charge in [-0.05, 0) is 43.2 Å². The largest absolute Gasteiger partial charge is 0.399 e. The molecule has 0 saturated carbocycles. The Morgan fingerprint density at radius 2 is 1.82 bits per heavy atom. The molecule has 2 aromatic carbocycles. The van der Waals surface area contributed by atoms with Gasteiger partial charge in [-0.2, -0.15) is 0 Å². The second-order valence-corrected chi connectivity index (χ2v) is 4.13. The summed E-state index contributed by atoms with van der Waals surface area (Å²) in [5, 5.41) is 3.09. The Bertz CT molecular complexity index is 530. The van der Waals surface area contributed by atoms with E-state index in [-0.39, 0.29) is 5.82 Å². The number of nitrogens with two attached hydrogens (primary N) is 1. The van der Waals surface area contributed by atoms with E-state index in [2.05, 4.69) is 5.32 Å². The Balaban J connectivity index is 2.41. The van der Waals surface area contributed by atoms with Crippen LogP contribution in [0.2, 0.25) is 0 Å². The highest BCUT2D eigenvalue weighted by molar-refractivity contribution is 5.69. The zero-order chi connectivity index (χ0) is 12.4. The summed E-state index contributed by atoms with van der Waals surface area (Å²) in [5.41, 5.74) is 9.61. The molecule has 0 fully saturated rings. The Kier molecular flexibility index (Phi) is 3.00. The second-order valence-electron chi connectivity index (χ2n) is 4.13. The summed E-state index contributed by atoms with van der Waals surface area (Å²) in [5.74, 6) is -0.258. The van der Waals surface area contributed by atoms with E-state index in [1.807, 2.05) is 32.0 Å². The van der Waals surface area contributed by atoms with Crippen LogP contribution in [-0.2, 0) is 0 Å². The molecular formula is C14H15FN2. The third kappa shape index (κ3) is 2.38. The number of nitrogens with one attached hydrogen (secondary N) is 1. The minimum atomic E-state index is -0.258. The quantitative estimate of drug-likeness (QED) is 0.771. The lowest BCUT2D eigenvalue weighted by molar-refractivity contribution is 0.631. The van der Waals surface area contributed by atoms with Crippen LogP contribution in [0.25, 0.3) is 0 Å². The van der Waals surface area contributed by atoms with E-state index in [9.17, 15) is 4.39 Å². The number of aryl methyl sites for hydroxylation is 2. The molecule has 17 heavy (non-hydrogen) atoms. The molecule has 0 heterocycles. The lowest BCUT2D eigenvalue weighted by Gasteiger charge is -2.13. The van der Waals surface area contributed by atoms with Crippen LogP contribution in [0.5, 0.6) is 0 Å². The molecule has 0 aromatic heterocycles. The number of halogens is 1. The number of hydrogen-bond donors (Lipinski definition) is 2. The number of para-hydroxylation sites is 1. The van der Waals surface area contributed by atoms with Crippen LogP contribution in [0, 0.1) is 19.7 Å². The first-order chi connectivity index (χ1) is 8.08. The summed E-state index contributed by atoms with van der Waals surface area (Å²) in [6.07, 6.45) is 0. The van der Waals surface area contributed by atoms with Crippen molar-refractivity contribution in [2.45, 2.75) is 13.8 Å². The van der Waals surface area contributed by atoms with Crippen LogP contribution in [-0.4, -0.2) is 0 Å². The van der Waals surface area contributed by atoms with Crippen molar-refractivity contribution < 1.29 is 4.39 Å². The molecule has 88 valence electrons. The molecule has 0 aliphatic rings. The Labute approximate surface area is 100 Å². The van der Waals surface area contributed by atoms with Crippen molar-refractivity contribution in [1.29, 1.82) is 0 Å². The number of anilines is 3. The SMILES string of the molecule is Cc1ccc(N)cc1Nc1c(C)cccc1F. The fraction of sp³-hybridized carbons (Fsp3) is 0.143. The van der Waals surface area contributed by atoms with Crippen molar-refractivity contribution in [1.82, 2.24) is 0 Å². The van der Waals surface area contributed by atoms with E-state index in [4.69, 9.17) is 5.73 Å². The van der Waals surface area contributed by atoms with E-state index >= 15 is 0 Å². The molecule has 0 spiro atoms. The second kappa shape index (κ2) is 4.45. The van der Waals surface area contributed by atoms with Gasteiger partial charge in [0.25, 0.3) is 0 Å². The Morgan fingerprint density at radius 1 is 1.06 bits per heavy atom. The van der Waals surface area contributed by atoms with Crippen LogP contribution in [0.1, 0.15) is 11.1 Å². The van der Waals surface area contributed by atoms with E-state index < -0.39 is 0 Å². The van der Waals surface area contributed by atoms with E-state index in [0.717, 1.165) is 16.8 Å². The molecule has 2 rings (SSSR count). The summed E-state index contributed by atoms with van der Waals surface area (Å²) in [6.45, 7) is 3.82. The number of nitrogen functional groups attached to an aromatic ring is 1. The van der Waals surface area contributed by atoms with Crippen molar-refractivity contribution in [2.75, 3.05) is 11.1 Å². The fourth-order valence-corrected chi connectivity index (χ4v) is 1.70. The van der Waals surface area contributed by atoms with Gasteiger partial charge < -0.3 is 11.1 Å². The van der Waals surface area contributed by atoms with Crippen molar-refractivity contribution in [2.24, 2.45) is 0 Å². The number of rotatable bonds is 2. The highest BCUT2D eigenvalue weighted by Gasteiger charge is 2.07. The molecule has 0 unspecified atom stereocenters. The predicted molar refractivity (Wildman–Crippen MR) is 70.0 cm³/mol. The molecule has 0 amide bonds. The standard InChI is InChI=1S/C14H15FN2/c1-9-6-7-11(16)8-13(9)17-14-10(2)4-3-5-12(14)15/h3-8,17H,16H2,1-2H3. The first kappa shape index (κ1) is 11.5. The third-order valence-electron chi connectivity index (χ3n) is 2.74. The van der Waals surface area contributed by atoms with Crippen LogP contribution in [0.4, 0.5) is 21.5 Å². The van der Waals surface area contributed by atoms with Crippen LogP contribution >= 0.6 is 0 Å². The topological polar surface area (TPSA) is 38.0 Å². The van der Waals surface area contributed by atoms with Gasteiger partial charge in [0.1, 0.15) is 5.82 Å². The van der Waals surface area contributed by atoms with Crippen LogP contribution in [0.15, 0.2) is 36.4 Å². The maximum absolute atomic E-state index is 13.7. The highest BCUT2D eigenvalue weighted by Crippen LogP contribution is 2.27. The summed E-state index contributed by atoms with van der Waals surface area (Å²) >= 11 is 0. The first-order valence-corrected chi connectivity index (χ1v) is 5.46. The van der Waals surface area contributed by atoms with Crippen LogP contribution in [0.3, 0.4) is 0 Å². The number of hydrogen-bond acceptors (Lipinski definition) is 2. The lowest BCUT2D eigenvalue weighted by Crippen LogP contribution is -1.99. The average molecular weight is 230 g/mol. The molecule has 0 bridgehead atoms. The molecule has 3 N–H and O–H groups in total. The summed E-state index contributed by atoms with van der Waals surface area (Å²) in [4.78, 5) is 0. The van der Waals surface area contributed by atoms with Gasteiger partial charge in [-0.15, -0.1) is 0 Å². The fourth-order valence-electron chi connectivity index (χ4n) is 1.70. The highest BCUT2D eigenvalue weighted by atomic mass is 19.1. The van der Waals surface area contributed by atoms with Gasteiger partial charge in [-0.1, -0.05) is 18.2 Å². The zero-order valence-electron chi connectivity index (χ0n) is 9.92. The smallest absolute Gasteiger partial charge is 0.146 e. The van der Waals surface area contributed by atoms with Crippen molar-refractivity contribution >= 4 is 17.1 Å².